The van der Waals surface area contributed by atoms with Gasteiger partial charge in [0, 0.05) is 25.0 Å². The number of pyridine rings is 1. The van der Waals surface area contributed by atoms with Gasteiger partial charge < -0.3 is 10.0 Å². The second-order valence-corrected chi connectivity index (χ2v) is 6.68. The highest BCUT2D eigenvalue weighted by molar-refractivity contribution is 7.99. The Morgan fingerprint density at radius 2 is 2.12 bits per heavy atom. The molecule has 1 aromatic heterocycles. The molecule has 1 fully saturated rings. The van der Waals surface area contributed by atoms with Crippen LogP contribution in [0.25, 0.3) is 6.08 Å². The maximum absolute atomic E-state index is 12.6. The summed E-state index contributed by atoms with van der Waals surface area (Å²) >= 11 is 1.55. The highest BCUT2D eigenvalue weighted by Gasteiger charge is 2.27. The number of thioether (sulfide) groups is 1. The molecule has 1 aromatic carbocycles. The Hall–Kier alpha value is -2.11. The molecule has 0 radical (unpaired) electrons. The van der Waals surface area contributed by atoms with E-state index in [1.807, 2.05) is 24.3 Å². The Labute approximate surface area is 146 Å². The van der Waals surface area contributed by atoms with Gasteiger partial charge >= 0.3 is 0 Å². The number of aliphatic hydroxyl groups is 1. The molecule has 0 aliphatic carbocycles. The lowest BCUT2D eigenvalue weighted by Crippen LogP contribution is -2.30. The molecular formula is C19H20N2O2S. The molecule has 0 unspecified atom stereocenters. The molecule has 0 spiro atoms. The molecular weight excluding hydrogens is 320 g/mol. The third-order valence-corrected chi connectivity index (χ3v) is 4.84. The van der Waals surface area contributed by atoms with Crippen molar-refractivity contribution < 1.29 is 9.90 Å². The molecule has 5 heteroatoms. The van der Waals surface area contributed by atoms with E-state index in [1.54, 1.807) is 28.9 Å². The molecule has 0 bridgehead atoms. The fourth-order valence-electron chi connectivity index (χ4n) is 2.64. The summed E-state index contributed by atoms with van der Waals surface area (Å²) in [4.78, 5) is 18.7. The van der Waals surface area contributed by atoms with Crippen LogP contribution in [0.4, 0.5) is 0 Å². The van der Waals surface area contributed by atoms with Crippen LogP contribution in [0.2, 0.25) is 0 Å². The minimum Gasteiger partial charge on any atom is -0.391 e. The van der Waals surface area contributed by atoms with E-state index in [0.717, 1.165) is 16.3 Å². The van der Waals surface area contributed by atoms with Crippen molar-refractivity contribution in [1.29, 1.82) is 0 Å². The minimum atomic E-state index is -0.407. The summed E-state index contributed by atoms with van der Waals surface area (Å²) in [6, 6.07) is 13.7. The smallest absolute Gasteiger partial charge is 0.256 e. The third-order valence-electron chi connectivity index (χ3n) is 3.88. The van der Waals surface area contributed by atoms with Crippen LogP contribution < -0.4 is 0 Å². The lowest BCUT2D eigenvalue weighted by molar-refractivity contribution is 0.0761. The first-order valence-electron chi connectivity index (χ1n) is 8.01. The summed E-state index contributed by atoms with van der Waals surface area (Å²) < 4.78 is 0. The number of carbonyl (C=O) groups excluding carboxylic acids is 1. The average Bonchev–Trinajstić information content (AvgIpc) is 3.06. The van der Waals surface area contributed by atoms with Crippen LogP contribution in [0.1, 0.15) is 22.3 Å². The molecule has 0 saturated carbocycles. The quantitative estimate of drug-likeness (QED) is 0.850. The first kappa shape index (κ1) is 16.7. The second-order valence-electron chi connectivity index (χ2n) is 5.67. The molecule has 1 amide bonds. The van der Waals surface area contributed by atoms with Crippen molar-refractivity contribution in [3.8, 4) is 0 Å². The lowest BCUT2D eigenvalue weighted by Gasteiger charge is -2.16. The zero-order chi connectivity index (χ0) is 16.8. The highest BCUT2D eigenvalue weighted by atomic mass is 32.2. The lowest BCUT2D eigenvalue weighted by atomic mass is 10.2. The van der Waals surface area contributed by atoms with E-state index < -0.39 is 6.10 Å². The normalized spacial score (nSPS) is 17.5. The van der Waals surface area contributed by atoms with E-state index in [9.17, 15) is 9.90 Å². The number of nitrogens with zero attached hydrogens (tertiary/aromatic N) is 2. The van der Waals surface area contributed by atoms with Crippen LogP contribution in [-0.4, -0.2) is 45.8 Å². The molecule has 1 saturated heterocycles. The first-order valence-corrected chi connectivity index (χ1v) is 8.99. The van der Waals surface area contributed by atoms with Crippen molar-refractivity contribution in [2.75, 3.05) is 18.8 Å². The summed E-state index contributed by atoms with van der Waals surface area (Å²) in [5.74, 6) is 0.698. The monoisotopic (exact) mass is 340 g/mol. The van der Waals surface area contributed by atoms with Gasteiger partial charge in [0.25, 0.3) is 5.91 Å². The standard InChI is InChI=1S/C19H20N2O2S/c22-16-10-12-21(14-16)19(23)17-9-4-11-20-18(17)24-13-5-8-15-6-2-1-3-7-15/h1-9,11,16,22H,10,12-14H2/b8-5+/t16-/m0/s1. The SMILES string of the molecule is O=C(c1cccnc1SC/C=C/c1ccccc1)N1CC[C@H](O)C1. The molecule has 3 rings (SSSR count). The average molecular weight is 340 g/mol. The molecule has 1 atom stereocenters. The number of amides is 1. The Balaban J connectivity index is 1.64. The van der Waals surface area contributed by atoms with Gasteiger partial charge in [-0.2, -0.15) is 0 Å². The van der Waals surface area contributed by atoms with Gasteiger partial charge in [-0.25, -0.2) is 4.98 Å². The number of likely N-dealkylation sites (tertiary alicyclic amines) is 1. The van der Waals surface area contributed by atoms with Gasteiger partial charge in [0.15, 0.2) is 0 Å². The van der Waals surface area contributed by atoms with Crippen LogP contribution in [0.15, 0.2) is 59.8 Å². The van der Waals surface area contributed by atoms with Crippen molar-refractivity contribution in [2.24, 2.45) is 0 Å². The van der Waals surface area contributed by atoms with Crippen LogP contribution in [-0.2, 0) is 0 Å². The maximum atomic E-state index is 12.6. The number of benzene rings is 1. The Morgan fingerprint density at radius 1 is 1.29 bits per heavy atom. The van der Waals surface area contributed by atoms with E-state index in [4.69, 9.17) is 0 Å². The molecule has 1 N–H and O–H groups in total. The van der Waals surface area contributed by atoms with Crippen molar-refractivity contribution >= 4 is 23.7 Å². The third kappa shape index (κ3) is 4.24. The van der Waals surface area contributed by atoms with E-state index in [1.165, 1.54) is 0 Å². The van der Waals surface area contributed by atoms with Crippen LogP contribution in [0.3, 0.4) is 0 Å². The molecule has 2 aromatic rings. The zero-order valence-electron chi connectivity index (χ0n) is 13.3. The molecule has 1 aliphatic rings. The largest absolute Gasteiger partial charge is 0.391 e. The number of β-amino-alcohol motifs (C(OH)–C–C–N with tert-alkyl or cyclic N) is 1. The number of hydrogen-bond acceptors (Lipinski definition) is 4. The van der Waals surface area contributed by atoms with E-state index in [2.05, 4.69) is 29.3 Å². The summed E-state index contributed by atoms with van der Waals surface area (Å²) in [7, 11) is 0. The van der Waals surface area contributed by atoms with Crippen molar-refractivity contribution in [3.63, 3.8) is 0 Å². The van der Waals surface area contributed by atoms with Gasteiger partial charge in [-0.3, -0.25) is 4.79 Å². The van der Waals surface area contributed by atoms with Crippen LogP contribution in [0, 0.1) is 0 Å². The summed E-state index contributed by atoms with van der Waals surface area (Å²) in [5, 5.41) is 10.4. The number of carbonyl (C=O) groups is 1. The zero-order valence-corrected chi connectivity index (χ0v) is 14.2. The fourth-order valence-corrected chi connectivity index (χ4v) is 3.44. The van der Waals surface area contributed by atoms with E-state index in [-0.39, 0.29) is 5.91 Å². The first-order chi connectivity index (χ1) is 11.7. The van der Waals surface area contributed by atoms with Crippen LogP contribution >= 0.6 is 11.8 Å². The van der Waals surface area contributed by atoms with Gasteiger partial charge in [0.2, 0.25) is 0 Å². The maximum Gasteiger partial charge on any atom is 0.256 e. The van der Waals surface area contributed by atoms with Gasteiger partial charge in [-0.1, -0.05) is 42.5 Å². The summed E-state index contributed by atoms with van der Waals surface area (Å²) in [5.41, 5.74) is 1.77. The van der Waals surface area contributed by atoms with Gasteiger partial charge in [0.05, 0.1) is 11.7 Å². The van der Waals surface area contributed by atoms with Gasteiger partial charge in [-0.05, 0) is 24.1 Å². The van der Waals surface area contributed by atoms with E-state index in [0.29, 0.717) is 25.1 Å². The Kier molecular flexibility index (Phi) is 5.67. The molecule has 124 valence electrons. The molecule has 1 aliphatic heterocycles. The van der Waals surface area contributed by atoms with E-state index >= 15 is 0 Å². The van der Waals surface area contributed by atoms with Crippen molar-refractivity contribution in [2.45, 2.75) is 17.6 Å². The van der Waals surface area contributed by atoms with Gasteiger partial charge in [0.1, 0.15) is 5.03 Å². The molecule has 24 heavy (non-hydrogen) atoms. The minimum absolute atomic E-state index is 0.0470. The highest BCUT2D eigenvalue weighted by Crippen LogP contribution is 2.23. The number of rotatable bonds is 5. The number of aliphatic hydroxyl groups excluding tert-OH is 1. The van der Waals surface area contributed by atoms with Gasteiger partial charge in [-0.15, -0.1) is 11.8 Å². The van der Waals surface area contributed by atoms with Crippen molar-refractivity contribution in [3.05, 3.63) is 65.9 Å². The predicted molar refractivity (Wildman–Crippen MR) is 97.0 cm³/mol. The predicted octanol–water partition coefficient (Wildman–Crippen LogP) is 3.09. The summed E-state index contributed by atoms with van der Waals surface area (Å²) in [6.45, 7) is 1.01. The molecule has 4 nitrogen and oxygen atoms in total. The number of hydrogen-bond donors (Lipinski definition) is 1. The number of aromatic nitrogens is 1. The topological polar surface area (TPSA) is 53.4 Å². The molecule has 2 heterocycles. The Bertz CT molecular complexity index is 718. The summed E-state index contributed by atoms with van der Waals surface area (Å²) in [6.07, 6.45) is 6.08. The second kappa shape index (κ2) is 8.13. The fraction of sp³-hybridized carbons (Fsp3) is 0.263. The van der Waals surface area contributed by atoms with Crippen molar-refractivity contribution in [1.82, 2.24) is 9.88 Å². The van der Waals surface area contributed by atoms with Crippen LogP contribution in [0.5, 0.6) is 0 Å². The Morgan fingerprint density at radius 3 is 2.88 bits per heavy atom.